The first kappa shape index (κ1) is 13.1. The van der Waals surface area contributed by atoms with Gasteiger partial charge < -0.3 is 14.2 Å². The molecule has 0 aromatic carbocycles. The van der Waals surface area contributed by atoms with Gasteiger partial charge in [-0.2, -0.15) is 0 Å². The zero-order valence-corrected chi connectivity index (χ0v) is 12.5. The molecule has 4 aliphatic rings. The van der Waals surface area contributed by atoms with Crippen molar-refractivity contribution >= 4 is 5.97 Å². The average Bonchev–Trinajstić information content (AvgIpc) is 3.30. The fourth-order valence-corrected chi connectivity index (χ4v) is 5.13. The van der Waals surface area contributed by atoms with Crippen molar-refractivity contribution in [3.8, 4) is 0 Å². The zero-order chi connectivity index (χ0) is 14.1. The van der Waals surface area contributed by atoms with E-state index in [1.165, 1.54) is 7.11 Å². The third kappa shape index (κ3) is 1.70. The molecule has 8 unspecified atom stereocenters. The maximum atomic E-state index is 12.7. The van der Waals surface area contributed by atoms with Crippen LogP contribution in [-0.4, -0.2) is 37.5 Å². The summed E-state index contributed by atoms with van der Waals surface area (Å²) in [6.07, 6.45) is 5.48. The van der Waals surface area contributed by atoms with E-state index in [4.69, 9.17) is 14.2 Å². The number of methoxy groups -OCH3 is 1. The summed E-state index contributed by atoms with van der Waals surface area (Å²) in [6, 6.07) is 0. The van der Waals surface area contributed by atoms with Crippen LogP contribution in [-0.2, 0) is 19.0 Å². The van der Waals surface area contributed by atoms with Crippen LogP contribution in [0, 0.1) is 23.2 Å². The SMILES string of the molecule is COC(=O)C1(C2CC3OC3CC2C)CC2OC2CC1C. The van der Waals surface area contributed by atoms with Gasteiger partial charge in [-0.3, -0.25) is 4.79 Å². The van der Waals surface area contributed by atoms with Crippen molar-refractivity contribution in [2.75, 3.05) is 7.11 Å². The topological polar surface area (TPSA) is 51.4 Å². The van der Waals surface area contributed by atoms with Gasteiger partial charge in [0.25, 0.3) is 0 Å². The van der Waals surface area contributed by atoms with E-state index in [0.29, 0.717) is 36.1 Å². The predicted octanol–water partition coefficient (Wildman–Crippen LogP) is 2.16. The smallest absolute Gasteiger partial charge is 0.312 e. The first-order chi connectivity index (χ1) is 9.56. The van der Waals surface area contributed by atoms with Crippen molar-refractivity contribution in [3.63, 3.8) is 0 Å². The molecule has 0 aromatic rings. The standard InChI is InChI=1S/C16H24O4/c1-8-4-11-13(19-11)6-10(8)16(15(17)18-3)7-14-12(20-14)5-9(16)2/h8-14H,4-7H2,1-3H3. The number of hydrogen-bond acceptors (Lipinski definition) is 4. The lowest BCUT2D eigenvalue weighted by Gasteiger charge is -2.47. The van der Waals surface area contributed by atoms with Gasteiger partial charge in [-0.15, -0.1) is 0 Å². The molecule has 0 spiro atoms. The molecule has 0 bridgehead atoms. The van der Waals surface area contributed by atoms with Gasteiger partial charge in [-0.25, -0.2) is 0 Å². The molecule has 2 saturated carbocycles. The van der Waals surface area contributed by atoms with E-state index in [1.54, 1.807) is 0 Å². The first-order valence-corrected chi connectivity index (χ1v) is 7.95. The maximum absolute atomic E-state index is 12.7. The summed E-state index contributed by atoms with van der Waals surface area (Å²) in [4.78, 5) is 12.7. The Morgan fingerprint density at radius 1 is 1.05 bits per heavy atom. The van der Waals surface area contributed by atoms with Crippen molar-refractivity contribution in [1.82, 2.24) is 0 Å². The molecular weight excluding hydrogens is 256 g/mol. The lowest BCUT2D eigenvalue weighted by molar-refractivity contribution is -0.166. The summed E-state index contributed by atoms with van der Waals surface area (Å²) >= 11 is 0. The van der Waals surface area contributed by atoms with Gasteiger partial charge in [0.05, 0.1) is 36.9 Å². The van der Waals surface area contributed by atoms with E-state index in [1.807, 2.05) is 0 Å². The van der Waals surface area contributed by atoms with Crippen LogP contribution in [0.15, 0.2) is 0 Å². The lowest BCUT2D eigenvalue weighted by Crippen LogP contribution is -2.52. The Morgan fingerprint density at radius 2 is 1.70 bits per heavy atom. The van der Waals surface area contributed by atoms with Crippen LogP contribution in [0.4, 0.5) is 0 Å². The number of epoxide rings is 2. The van der Waals surface area contributed by atoms with Crippen LogP contribution < -0.4 is 0 Å². The number of ether oxygens (including phenoxy) is 3. The van der Waals surface area contributed by atoms with Gasteiger partial charge >= 0.3 is 5.97 Å². The van der Waals surface area contributed by atoms with E-state index in [9.17, 15) is 4.79 Å². The summed E-state index contributed by atoms with van der Waals surface area (Å²) in [5.74, 6) is 1.21. The second-order valence-electron chi connectivity index (χ2n) is 7.35. The average molecular weight is 280 g/mol. The lowest BCUT2D eigenvalue weighted by atomic mass is 9.54. The Hall–Kier alpha value is -0.610. The number of hydrogen-bond donors (Lipinski definition) is 0. The Labute approximate surface area is 120 Å². The number of carbonyl (C=O) groups excluding carboxylic acids is 1. The van der Waals surface area contributed by atoms with E-state index in [2.05, 4.69) is 13.8 Å². The molecule has 4 heteroatoms. The van der Waals surface area contributed by atoms with E-state index in [0.717, 1.165) is 25.7 Å². The fourth-order valence-electron chi connectivity index (χ4n) is 5.13. The first-order valence-electron chi connectivity index (χ1n) is 7.95. The van der Waals surface area contributed by atoms with Crippen molar-refractivity contribution in [2.45, 2.75) is 63.9 Å². The van der Waals surface area contributed by atoms with Crippen molar-refractivity contribution in [3.05, 3.63) is 0 Å². The second-order valence-corrected chi connectivity index (χ2v) is 7.35. The Bertz CT molecular complexity index is 436. The fraction of sp³-hybridized carbons (Fsp3) is 0.938. The highest BCUT2D eigenvalue weighted by Crippen LogP contribution is 2.60. The van der Waals surface area contributed by atoms with Crippen LogP contribution >= 0.6 is 0 Å². The summed E-state index contributed by atoms with van der Waals surface area (Å²) in [7, 11) is 1.53. The third-order valence-electron chi connectivity index (χ3n) is 6.38. The van der Waals surface area contributed by atoms with Crippen LogP contribution in [0.25, 0.3) is 0 Å². The minimum absolute atomic E-state index is 0.0186. The highest BCUT2D eigenvalue weighted by Gasteiger charge is 2.64. The summed E-state index contributed by atoms with van der Waals surface area (Å²) < 4.78 is 16.7. The monoisotopic (exact) mass is 280 g/mol. The van der Waals surface area contributed by atoms with Crippen molar-refractivity contribution in [2.24, 2.45) is 23.2 Å². The summed E-state index contributed by atoms with van der Waals surface area (Å²) in [6.45, 7) is 4.49. The van der Waals surface area contributed by atoms with Gasteiger partial charge in [-0.1, -0.05) is 13.8 Å². The van der Waals surface area contributed by atoms with Crippen LogP contribution in [0.5, 0.6) is 0 Å². The Morgan fingerprint density at radius 3 is 2.45 bits per heavy atom. The number of esters is 1. The highest BCUT2D eigenvalue weighted by atomic mass is 16.6. The number of rotatable bonds is 2. The second kappa shape index (κ2) is 4.20. The summed E-state index contributed by atoms with van der Waals surface area (Å²) in [5, 5.41) is 0. The molecule has 0 N–H and O–H groups in total. The molecule has 0 aromatic heterocycles. The highest BCUT2D eigenvalue weighted by molar-refractivity contribution is 5.78. The molecule has 2 heterocycles. The Kier molecular flexibility index (Phi) is 2.75. The third-order valence-corrected chi connectivity index (χ3v) is 6.38. The van der Waals surface area contributed by atoms with E-state index in [-0.39, 0.29) is 17.5 Å². The van der Waals surface area contributed by atoms with E-state index >= 15 is 0 Å². The molecule has 2 aliphatic heterocycles. The van der Waals surface area contributed by atoms with Gasteiger partial charge in [0.15, 0.2) is 0 Å². The van der Waals surface area contributed by atoms with Crippen molar-refractivity contribution < 1.29 is 19.0 Å². The van der Waals surface area contributed by atoms with Crippen LogP contribution in [0.1, 0.15) is 39.5 Å². The maximum Gasteiger partial charge on any atom is 0.312 e. The zero-order valence-electron chi connectivity index (χ0n) is 12.5. The van der Waals surface area contributed by atoms with Crippen molar-refractivity contribution in [1.29, 1.82) is 0 Å². The quantitative estimate of drug-likeness (QED) is 0.574. The molecule has 2 saturated heterocycles. The Balaban J connectivity index is 1.68. The molecular formula is C16H24O4. The molecule has 4 fully saturated rings. The number of carbonyl (C=O) groups is 1. The largest absolute Gasteiger partial charge is 0.469 e. The molecule has 20 heavy (non-hydrogen) atoms. The number of fused-ring (bicyclic) bond motifs is 2. The molecule has 112 valence electrons. The molecule has 2 aliphatic carbocycles. The molecule has 4 rings (SSSR count). The predicted molar refractivity (Wildman–Crippen MR) is 72.1 cm³/mol. The van der Waals surface area contributed by atoms with Gasteiger partial charge in [-0.05, 0) is 43.4 Å². The van der Waals surface area contributed by atoms with E-state index < -0.39 is 0 Å². The molecule has 0 amide bonds. The summed E-state index contributed by atoms with van der Waals surface area (Å²) in [5.41, 5.74) is -0.358. The molecule has 4 nitrogen and oxygen atoms in total. The minimum atomic E-state index is -0.358. The normalized spacial score (nSPS) is 56.5. The van der Waals surface area contributed by atoms with Crippen LogP contribution in [0.2, 0.25) is 0 Å². The van der Waals surface area contributed by atoms with Gasteiger partial charge in [0, 0.05) is 0 Å². The minimum Gasteiger partial charge on any atom is -0.469 e. The molecule has 8 atom stereocenters. The molecule has 0 radical (unpaired) electrons. The van der Waals surface area contributed by atoms with Crippen LogP contribution in [0.3, 0.4) is 0 Å². The van der Waals surface area contributed by atoms with Gasteiger partial charge in [0.2, 0.25) is 0 Å². The van der Waals surface area contributed by atoms with Gasteiger partial charge in [0.1, 0.15) is 0 Å².